The number of hydrogen-bond donors (Lipinski definition) is 4. The Labute approximate surface area is 392 Å². The number of unbranched alkanes of at least 4 members (excludes halogenated alkanes) is 27. The van der Waals surface area contributed by atoms with Gasteiger partial charge in [-0.25, -0.2) is 0 Å². The maximum atomic E-state index is 12.8. The molecule has 0 bridgehead atoms. The van der Waals surface area contributed by atoms with Gasteiger partial charge in [0, 0.05) is 13.0 Å². The molecule has 1 heterocycles. The van der Waals surface area contributed by atoms with Crippen LogP contribution in [0.3, 0.4) is 0 Å². The van der Waals surface area contributed by atoms with Crippen LogP contribution >= 0.6 is 0 Å². The Morgan fingerprint density at radius 3 is 1.38 bits per heavy atom. The maximum absolute atomic E-state index is 12.8. The fraction of sp³-hybridized carbons (Fsp3) is 0.836. The molecule has 0 saturated carbocycles. The fourth-order valence-corrected chi connectivity index (χ4v) is 8.02. The van der Waals surface area contributed by atoms with E-state index in [-0.39, 0.29) is 19.2 Å². The standard InChI is InChI=1S/C55H100O9/c1-3-5-7-9-11-13-15-17-19-20-21-22-23-24-25-26-27-28-29-31-33-35-37-39-41-43-45-61-47-49(48-62-55-54(60)53(59)52(58)50(46-56)64-55)63-51(57)44-42-40-38-36-34-32-30-18-16-14-12-10-8-6-4-2/h12,14-15,17-18,20-21,30,49-50,52-56,58-60H,3-11,13,16,19,22-29,31-48H2,1-2H3/b14-12-,17-15-,21-20-,30-18-. The third-order valence-corrected chi connectivity index (χ3v) is 12.2. The van der Waals surface area contributed by atoms with Gasteiger partial charge in [-0.15, -0.1) is 0 Å². The number of aliphatic hydroxyl groups excluding tert-OH is 4. The Morgan fingerprint density at radius 1 is 0.500 bits per heavy atom. The molecule has 4 N–H and O–H groups in total. The highest BCUT2D eigenvalue weighted by Crippen LogP contribution is 2.23. The van der Waals surface area contributed by atoms with E-state index in [9.17, 15) is 25.2 Å². The van der Waals surface area contributed by atoms with Crippen molar-refractivity contribution in [2.24, 2.45) is 0 Å². The summed E-state index contributed by atoms with van der Waals surface area (Å²) in [7, 11) is 0. The molecular weight excluding hydrogens is 805 g/mol. The van der Waals surface area contributed by atoms with E-state index in [2.05, 4.69) is 62.5 Å². The molecule has 1 rings (SSSR count). The van der Waals surface area contributed by atoms with Crippen molar-refractivity contribution in [1.29, 1.82) is 0 Å². The SMILES string of the molecule is CCCCC/C=C\C/C=C\CCCCCCCC(=O)OC(COCCCCCCCCCCCCCCCC/C=C\C/C=C\CCCCCCC)COC1OC(CO)C(O)C(O)C1O. The van der Waals surface area contributed by atoms with E-state index in [4.69, 9.17) is 18.9 Å². The molecule has 1 fully saturated rings. The molecule has 374 valence electrons. The van der Waals surface area contributed by atoms with Crippen molar-refractivity contribution in [3.8, 4) is 0 Å². The summed E-state index contributed by atoms with van der Waals surface area (Å²) in [4.78, 5) is 12.8. The van der Waals surface area contributed by atoms with Crippen LogP contribution in [0.1, 0.15) is 232 Å². The van der Waals surface area contributed by atoms with Gasteiger partial charge in [-0.2, -0.15) is 0 Å². The molecule has 64 heavy (non-hydrogen) atoms. The highest BCUT2D eigenvalue weighted by atomic mass is 16.7. The van der Waals surface area contributed by atoms with E-state index in [1.165, 1.54) is 148 Å². The summed E-state index contributed by atoms with van der Waals surface area (Å²) < 4.78 is 22.9. The minimum Gasteiger partial charge on any atom is -0.457 e. The summed E-state index contributed by atoms with van der Waals surface area (Å²) in [6.45, 7) is 4.52. The Balaban J connectivity index is 2.16. The zero-order valence-electron chi connectivity index (χ0n) is 41.3. The summed E-state index contributed by atoms with van der Waals surface area (Å²) in [5.74, 6) is -0.326. The van der Waals surface area contributed by atoms with Crippen LogP contribution < -0.4 is 0 Å². The lowest BCUT2D eigenvalue weighted by Gasteiger charge is -2.39. The number of aliphatic hydroxyl groups is 4. The summed E-state index contributed by atoms with van der Waals surface area (Å²) >= 11 is 0. The molecule has 6 atom stereocenters. The quantitative estimate of drug-likeness (QED) is 0.0267. The van der Waals surface area contributed by atoms with Crippen LogP contribution in [-0.2, 0) is 23.7 Å². The molecule has 0 aromatic carbocycles. The van der Waals surface area contributed by atoms with E-state index in [0.717, 1.165) is 64.2 Å². The molecule has 0 aliphatic carbocycles. The predicted molar refractivity (Wildman–Crippen MR) is 265 cm³/mol. The van der Waals surface area contributed by atoms with E-state index in [0.29, 0.717) is 13.0 Å². The first-order chi connectivity index (χ1) is 31.4. The molecular formula is C55H100O9. The van der Waals surface area contributed by atoms with Gasteiger partial charge >= 0.3 is 5.97 Å². The molecule has 0 spiro atoms. The lowest BCUT2D eigenvalue weighted by atomic mass is 9.99. The van der Waals surface area contributed by atoms with E-state index >= 15 is 0 Å². The molecule has 1 aliphatic heterocycles. The monoisotopic (exact) mass is 905 g/mol. The highest BCUT2D eigenvalue weighted by molar-refractivity contribution is 5.69. The second-order valence-electron chi connectivity index (χ2n) is 18.3. The van der Waals surface area contributed by atoms with Gasteiger partial charge in [-0.1, -0.05) is 197 Å². The minimum absolute atomic E-state index is 0.119. The third kappa shape index (κ3) is 36.3. The smallest absolute Gasteiger partial charge is 0.306 e. The van der Waals surface area contributed by atoms with Crippen LogP contribution in [-0.4, -0.2) is 89.6 Å². The lowest BCUT2D eigenvalue weighted by Crippen LogP contribution is -2.59. The van der Waals surface area contributed by atoms with Crippen LogP contribution in [0.25, 0.3) is 0 Å². The summed E-state index contributed by atoms with van der Waals surface area (Å²) in [5, 5.41) is 40.2. The lowest BCUT2D eigenvalue weighted by molar-refractivity contribution is -0.305. The number of carbonyl (C=O) groups excluding carboxylic acids is 1. The second-order valence-corrected chi connectivity index (χ2v) is 18.3. The number of hydrogen-bond acceptors (Lipinski definition) is 9. The van der Waals surface area contributed by atoms with E-state index < -0.39 is 43.4 Å². The Bertz CT molecular complexity index is 1120. The second kappa shape index (κ2) is 46.3. The molecule has 0 radical (unpaired) electrons. The molecule has 9 nitrogen and oxygen atoms in total. The molecule has 0 aromatic heterocycles. The number of allylic oxidation sites excluding steroid dienone is 8. The maximum Gasteiger partial charge on any atom is 0.306 e. The van der Waals surface area contributed by atoms with Gasteiger partial charge in [0.25, 0.3) is 0 Å². The van der Waals surface area contributed by atoms with Crippen molar-refractivity contribution >= 4 is 5.97 Å². The highest BCUT2D eigenvalue weighted by Gasteiger charge is 2.44. The van der Waals surface area contributed by atoms with Gasteiger partial charge in [0.05, 0.1) is 19.8 Å². The average Bonchev–Trinajstić information content (AvgIpc) is 3.30. The summed E-state index contributed by atoms with van der Waals surface area (Å²) in [6.07, 6.45) is 51.5. The first-order valence-electron chi connectivity index (χ1n) is 26.7. The number of rotatable bonds is 46. The Hall–Kier alpha value is -1.85. The third-order valence-electron chi connectivity index (χ3n) is 12.2. The van der Waals surface area contributed by atoms with Gasteiger partial charge in [-0.05, 0) is 77.0 Å². The van der Waals surface area contributed by atoms with Crippen molar-refractivity contribution in [2.45, 2.75) is 269 Å². The molecule has 9 heteroatoms. The van der Waals surface area contributed by atoms with Crippen molar-refractivity contribution < 1.29 is 44.2 Å². The van der Waals surface area contributed by atoms with Crippen LogP contribution in [0.15, 0.2) is 48.6 Å². The molecule has 0 aromatic rings. The first kappa shape index (κ1) is 60.2. The van der Waals surface area contributed by atoms with Crippen molar-refractivity contribution in [3.63, 3.8) is 0 Å². The van der Waals surface area contributed by atoms with Crippen LogP contribution in [0.2, 0.25) is 0 Å². The predicted octanol–water partition coefficient (Wildman–Crippen LogP) is 13.3. The summed E-state index contributed by atoms with van der Waals surface area (Å²) in [6, 6.07) is 0. The van der Waals surface area contributed by atoms with Crippen LogP contribution in [0.5, 0.6) is 0 Å². The Kier molecular flexibility index (Phi) is 43.5. The minimum atomic E-state index is -1.54. The summed E-state index contributed by atoms with van der Waals surface area (Å²) in [5.41, 5.74) is 0. The van der Waals surface area contributed by atoms with Crippen LogP contribution in [0.4, 0.5) is 0 Å². The molecule has 6 unspecified atom stereocenters. The normalized spacial score (nSPS) is 19.9. The average molecular weight is 905 g/mol. The van der Waals surface area contributed by atoms with Crippen LogP contribution in [0, 0.1) is 0 Å². The van der Waals surface area contributed by atoms with Gasteiger partial charge in [0.15, 0.2) is 6.29 Å². The van der Waals surface area contributed by atoms with E-state index in [1.807, 2.05) is 0 Å². The van der Waals surface area contributed by atoms with Gasteiger partial charge < -0.3 is 39.4 Å². The molecule has 1 aliphatic rings. The van der Waals surface area contributed by atoms with Gasteiger partial charge in [0.1, 0.15) is 30.5 Å². The van der Waals surface area contributed by atoms with Gasteiger partial charge in [0.2, 0.25) is 0 Å². The largest absolute Gasteiger partial charge is 0.457 e. The number of esters is 1. The molecule has 1 saturated heterocycles. The van der Waals surface area contributed by atoms with Crippen molar-refractivity contribution in [3.05, 3.63) is 48.6 Å². The zero-order chi connectivity index (χ0) is 46.4. The van der Waals surface area contributed by atoms with Crippen molar-refractivity contribution in [2.75, 3.05) is 26.4 Å². The van der Waals surface area contributed by atoms with E-state index in [1.54, 1.807) is 0 Å². The molecule has 0 amide bonds. The zero-order valence-corrected chi connectivity index (χ0v) is 41.3. The fourth-order valence-electron chi connectivity index (χ4n) is 8.02. The van der Waals surface area contributed by atoms with Gasteiger partial charge in [-0.3, -0.25) is 4.79 Å². The number of carbonyl (C=O) groups is 1. The first-order valence-corrected chi connectivity index (χ1v) is 26.7. The topological polar surface area (TPSA) is 135 Å². The number of ether oxygens (including phenoxy) is 4. The Morgan fingerprint density at radius 2 is 0.906 bits per heavy atom. The van der Waals surface area contributed by atoms with Crippen molar-refractivity contribution in [1.82, 2.24) is 0 Å².